The van der Waals surface area contributed by atoms with Crippen molar-refractivity contribution in [3.8, 4) is 11.5 Å². The van der Waals surface area contributed by atoms with Crippen molar-refractivity contribution < 1.29 is 28.6 Å². The zero-order valence-electron chi connectivity index (χ0n) is 22.5. The molecule has 2 saturated heterocycles. The molecule has 4 aliphatic heterocycles. The van der Waals surface area contributed by atoms with E-state index in [4.69, 9.17) is 14.2 Å². The summed E-state index contributed by atoms with van der Waals surface area (Å²) in [5.41, 5.74) is -0.602. The molecule has 5 aliphatic rings. The second-order valence-electron chi connectivity index (χ2n) is 11.5. The van der Waals surface area contributed by atoms with Gasteiger partial charge in [-0.15, -0.1) is 0 Å². The number of halogens is 1. The number of likely N-dealkylation sites (tertiary alicyclic amines) is 1. The number of rotatable bonds is 6. The van der Waals surface area contributed by atoms with Gasteiger partial charge in [0.15, 0.2) is 17.6 Å². The van der Waals surface area contributed by atoms with Gasteiger partial charge in [-0.2, -0.15) is 0 Å². The van der Waals surface area contributed by atoms with Gasteiger partial charge in [-0.3, -0.25) is 14.4 Å². The van der Waals surface area contributed by atoms with E-state index in [-0.39, 0.29) is 36.9 Å². The molecule has 1 saturated carbocycles. The first-order chi connectivity index (χ1) is 19.9. The molecule has 0 radical (unpaired) electrons. The molecule has 2 aromatic carbocycles. The Morgan fingerprint density at radius 2 is 1.76 bits per heavy atom. The van der Waals surface area contributed by atoms with Crippen LogP contribution in [0.15, 0.2) is 65.2 Å². The van der Waals surface area contributed by atoms with E-state index in [1.54, 1.807) is 17.0 Å². The van der Waals surface area contributed by atoms with Crippen molar-refractivity contribution in [2.45, 2.75) is 62.0 Å². The first-order valence-corrected chi connectivity index (χ1v) is 15.2. The number of carbonyl (C=O) groups excluding carboxylic acids is 3. The highest BCUT2D eigenvalue weighted by atomic mass is 79.9. The first-order valence-electron chi connectivity index (χ1n) is 14.4. The highest BCUT2D eigenvalue weighted by molar-refractivity contribution is 9.10. The van der Waals surface area contributed by atoms with Crippen LogP contribution in [-0.2, 0) is 19.1 Å². The lowest BCUT2D eigenvalue weighted by molar-refractivity contribution is -0.143. The summed E-state index contributed by atoms with van der Waals surface area (Å²) in [5, 5.41) is 6.17. The fourth-order valence-electron chi connectivity index (χ4n) is 7.12. The molecule has 1 spiro atoms. The van der Waals surface area contributed by atoms with Crippen LogP contribution in [0.25, 0.3) is 0 Å². The molecule has 3 fully saturated rings. The van der Waals surface area contributed by atoms with Gasteiger partial charge in [0, 0.05) is 16.2 Å². The third-order valence-corrected chi connectivity index (χ3v) is 9.48. The Morgan fingerprint density at radius 1 is 1.00 bits per heavy atom. The molecule has 7 rings (SSSR count). The Kier molecular flexibility index (Phi) is 6.78. The number of para-hydroxylation sites is 2. The second-order valence-corrected chi connectivity index (χ2v) is 12.4. The number of fused-ring (bicyclic) bond motifs is 2. The molecule has 4 heterocycles. The summed E-state index contributed by atoms with van der Waals surface area (Å²) in [7, 11) is 0. The Balaban J connectivity index is 1.18. The molecule has 2 bridgehead atoms. The average Bonchev–Trinajstić information content (AvgIpc) is 3.62. The van der Waals surface area contributed by atoms with E-state index in [1.807, 2.05) is 48.6 Å². The van der Waals surface area contributed by atoms with E-state index in [0.29, 0.717) is 17.2 Å². The minimum absolute atomic E-state index is 0.0591. The topological polar surface area (TPSA) is 106 Å². The van der Waals surface area contributed by atoms with Crippen LogP contribution in [0, 0.1) is 11.8 Å². The van der Waals surface area contributed by atoms with Crippen molar-refractivity contribution in [1.29, 1.82) is 0 Å². The molecular formula is C31H32BrN3O6. The van der Waals surface area contributed by atoms with Crippen LogP contribution in [0.3, 0.4) is 0 Å². The van der Waals surface area contributed by atoms with Gasteiger partial charge in [-0.1, -0.05) is 59.5 Å². The van der Waals surface area contributed by atoms with Crippen LogP contribution >= 0.6 is 15.9 Å². The van der Waals surface area contributed by atoms with E-state index >= 15 is 0 Å². The molecule has 0 aromatic heterocycles. The second kappa shape index (κ2) is 10.5. The smallest absolute Gasteiger partial charge is 0.246 e. The van der Waals surface area contributed by atoms with Gasteiger partial charge in [-0.25, -0.2) is 0 Å². The summed E-state index contributed by atoms with van der Waals surface area (Å²) in [5.74, 6) is -1.18. The maximum atomic E-state index is 14.3. The number of hydrogen-bond acceptors (Lipinski definition) is 6. The highest BCUT2D eigenvalue weighted by Gasteiger charge is 2.73. The number of ether oxygens (including phenoxy) is 3. The van der Waals surface area contributed by atoms with Crippen LogP contribution in [-0.4, -0.2) is 65.7 Å². The maximum Gasteiger partial charge on any atom is 0.246 e. The van der Waals surface area contributed by atoms with Crippen LogP contribution in [0.5, 0.6) is 11.5 Å². The Bertz CT molecular complexity index is 1390. The van der Waals surface area contributed by atoms with Crippen molar-refractivity contribution in [1.82, 2.24) is 10.2 Å². The van der Waals surface area contributed by atoms with Gasteiger partial charge in [0.25, 0.3) is 0 Å². The van der Waals surface area contributed by atoms with E-state index in [9.17, 15) is 14.4 Å². The van der Waals surface area contributed by atoms with Crippen molar-refractivity contribution in [3.63, 3.8) is 0 Å². The highest BCUT2D eigenvalue weighted by Crippen LogP contribution is 2.55. The zero-order chi connectivity index (χ0) is 28.1. The molecule has 10 heteroatoms. The predicted molar refractivity (Wildman–Crippen MR) is 153 cm³/mol. The van der Waals surface area contributed by atoms with Gasteiger partial charge in [0.05, 0.1) is 24.5 Å². The predicted octanol–water partition coefficient (Wildman–Crippen LogP) is 3.83. The molecule has 2 N–H and O–H groups in total. The van der Waals surface area contributed by atoms with Crippen molar-refractivity contribution in [2.24, 2.45) is 11.8 Å². The zero-order valence-corrected chi connectivity index (χ0v) is 24.0. The summed E-state index contributed by atoms with van der Waals surface area (Å²) in [6.45, 7) is 0.374. The summed E-state index contributed by atoms with van der Waals surface area (Å²) >= 11 is 3.41. The number of nitrogens with zero attached hydrogens (tertiary/aromatic N) is 1. The van der Waals surface area contributed by atoms with Gasteiger partial charge in [0.1, 0.15) is 18.2 Å². The molecule has 6 atom stereocenters. The minimum Gasteiger partial charge on any atom is -0.486 e. The molecule has 1 aliphatic carbocycles. The standard InChI is InChI=1S/C31H32BrN3O6/c32-18-10-12-20(13-11-18)33-28(36)25-24-14-15-31(41-24)26(25)30(38)35(27(31)29(37)34-19-6-2-1-3-7-19)16-21-17-39-22-8-4-5-9-23(22)40-21/h4-5,8-15,19,21,24-27H,1-3,6-7,16-17H2,(H,33,36)(H,34,37). The lowest BCUT2D eigenvalue weighted by Gasteiger charge is -2.36. The monoisotopic (exact) mass is 621 g/mol. The number of benzene rings is 2. The SMILES string of the molecule is O=C(Nc1ccc(Br)cc1)C1C2C=CC3(O2)C1C(=O)N(CC1COc2ccccc2O1)C3C(=O)NC1CCCCC1. The summed E-state index contributed by atoms with van der Waals surface area (Å²) < 4.78 is 19.5. The molecular weight excluding hydrogens is 590 g/mol. The van der Waals surface area contributed by atoms with Crippen LogP contribution in [0.4, 0.5) is 5.69 Å². The molecule has 9 nitrogen and oxygen atoms in total. The maximum absolute atomic E-state index is 14.3. The van der Waals surface area contributed by atoms with Crippen molar-refractivity contribution >= 4 is 39.3 Å². The molecule has 2 aromatic rings. The number of carbonyl (C=O) groups is 3. The Hall–Kier alpha value is -3.37. The number of amides is 3. The van der Waals surface area contributed by atoms with Crippen LogP contribution in [0.1, 0.15) is 32.1 Å². The van der Waals surface area contributed by atoms with Crippen LogP contribution in [0.2, 0.25) is 0 Å². The van der Waals surface area contributed by atoms with Crippen molar-refractivity contribution in [3.05, 3.63) is 65.2 Å². The quantitative estimate of drug-likeness (QED) is 0.475. The average molecular weight is 623 g/mol. The fourth-order valence-corrected chi connectivity index (χ4v) is 7.39. The van der Waals surface area contributed by atoms with Gasteiger partial charge >= 0.3 is 0 Å². The number of anilines is 1. The Labute approximate surface area is 246 Å². The molecule has 6 unspecified atom stereocenters. The third kappa shape index (κ3) is 4.61. The largest absolute Gasteiger partial charge is 0.486 e. The van der Waals surface area contributed by atoms with Gasteiger partial charge in [0.2, 0.25) is 17.7 Å². The lowest BCUT2D eigenvalue weighted by atomic mass is 9.74. The molecule has 3 amide bonds. The van der Waals surface area contributed by atoms with Gasteiger partial charge < -0.3 is 29.7 Å². The minimum atomic E-state index is -1.23. The third-order valence-electron chi connectivity index (χ3n) is 8.96. The van der Waals surface area contributed by atoms with Crippen LogP contribution < -0.4 is 20.1 Å². The van der Waals surface area contributed by atoms with E-state index < -0.39 is 35.7 Å². The van der Waals surface area contributed by atoms with Crippen molar-refractivity contribution in [2.75, 3.05) is 18.5 Å². The number of hydrogen-bond donors (Lipinski definition) is 2. The summed E-state index contributed by atoms with van der Waals surface area (Å²) in [6, 6.07) is 13.8. The van der Waals surface area contributed by atoms with Gasteiger partial charge in [-0.05, 0) is 49.2 Å². The van der Waals surface area contributed by atoms with E-state index in [2.05, 4.69) is 26.6 Å². The molecule has 41 heavy (non-hydrogen) atoms. The first kappa shape index (κ1) is 26.5. The van der Waals surface area contributed by atoms with E-state index in [0.717, 1.165) is 36.6 Å². The molecule has 214 valence electrons. The van der Waals surface area contributed by atoms with E-state index in [1.165, 1.54) is 0 Å². The fraction of sp³-hybridized carbons (Fsp3) is 0.452. The normalized spacial score (nSPS) is 31.7. The summed E-state index contributed by atoms with van der Waals surface area (Å²) in [4.78, 5) is 43.5. The number of nitrogens with one attached hydrogen (secondary N) is 2. The lowest BCUT2D eigenvalue weighted by Crippen LogP contribution is -2.58. The summed E-state index contributed by atoms with van der Waals surface area (Å²) in [6.07, 6.45) is 7.71. The Morgan fingerprint density at radius 3 is 2.54 bits per heavy atom.